The van der Waals surface area contributed by atoms with Crippen LogP contribution >= 0.6 is 0 Å². The van der Waals surface area contributed by atoms with E-state index in [-0.39, 0.29) is 17.1 Å². The maximum absolute atomic E-state index is 10.9. The fourth-order valence-corrected chi connectivity index (χ4v) is 1.67. The highest BCUT2D eigenvalue weighted by Gasteiger charge is 2.15. The Hall–Kier alpha value is -2.16. The first kappa shape index (κ1) is 14.9. The molecule has 1 N–H and O–H groups in total. The van der Waals surface area contributed by atoms with E-state index in [1.807, 2.05) is 6.07 Å². The van der Waals surface area contributed by atoms with Crippen molar-refractivity contribution in [3.8, 4) is 6.07 Å². The second-order valence-electron chi connectivity index (χ2n) is 4.78. The Balaban J connectivity index is 2.58. The number of rotatable bonds is 7. The van der Waals surface area contributed by atoms with Gasteiger partial charge >= 0.3 is 5.69 Å². The van der Waals surface area contributed by atoms with Gasteiger partial charge in [-0.25, -0.2) is 4.98 Å². The van der Waals surface area contributed by atoms with Crippen molar-refractivity contribution in [3.63, 3.8) is 0 Å². The van der Waals surface area contributed by atoms with Crippen LogP contribution in [0.25, 0.3) is 0 Å². The first-order valence-electron chi connectivity index (χ1n) is 6.33. The Morgan fingerprint density at radius 1 is 1.53 bits per heavy atom. The van der Waals surface area contributed by atoms with Gasteiger partial charge in [0.1, 0.15) is 6.07 Å². The van der Waals surface area contributed by atoms with E-state index >= 15 is 0 Å². The Morgan fingerprint density at radius 3 is 2.84 bits per heavy atom. The molecule has 102 valence electrons. The fourth-order valence-electron chi connectivity index (χ4n) is 1.67. The minimum atomic E-state index is -0.524. The number of unbranched alkanes of at least 4 members (excludes halogenated alkanes) is 1. The van der Waals surface area contributed by atoms with E-state index in [0.717, 1.165) is 19.3 Å². The summed E-state index contributed by atoms with van der Waals surface area (Å²) in [4.78, 5) is 14.3. The molecule has 0 atom stereocenters. The molecule has 0 saturated heterocycles. The molecule has 6 nitrogen and oxygen atoms in total. The molecular formula is C13H18N4O2. The largest absolute Gasteiger partial charge is 0.364 e. The van der Waals surface area contributed by atoms with Gasteiger partial charge in [0.15, 0.2) is 0 Å². The molecule has 0 aliphatic heterocycles. The summed E-state index contributed by atoms with van der Waals surface area (Å²) in [6.07, 6.45) is 4.50. The molecule has 0 amide bonds. The number of nitriles is 1. The number of hydrogen-bond acceptors (Lipinski definition) is 5. The van der Waals surface area contributed by atoms with Gasteiger partial charge in [0.2, 0.25) is 5.82 Å². The van der Waals surface area contributed by atoms with Gasteiger partial charge in [-0.2, -0.15) is 5.26 Å². The van der Waals surface area contributed by atoms with Crippen LogP contribution in [0.1, 0.15) is 38.7 Å². The standard InChI is InChI=1S/C13H18N4O2/c1-10(2)5-3-4-6-15-13-12(17(18)19)7-11(8-14)9-16-13/h7,9-10H,3-6H2,1-2H3,(H,15,16). The average Bonchev–Trinajstić information content (AvgIpc) is 2.38. The van der Waals surface area contributed by atoms with Crippen molar-refractivity contribution in [1.82, 2.24) is 4.98 Å². The van der Waals surface area contributed by atoms with Crippen LogP contribution in [0.15, 0.2) is 12.3 Å². The molecule has 1 aromatic heterocycles. The van der Waals surface area contributed by atoms with Gasteiger partial charge in [-0.3, -0.25) is 10.1 Å². The SMILES string of the molecule is CC(C)CCCCNc1ncc(C#N)cc1[N+](=O)[O-]. The number of nitrogens with one attached hydrogen (secondary N) is 1. The van der Waals surface area contributed by atoms with Crippen LogP contribution in [0.3, 0.4) is 0 Å². The Morgan fingerprint density at radius 2 is 2.26 bits per heavy atom. The van der Waals surface area contributed by atoms with Crippen LogP contribution in [-0.4, -0.2) is 16.5 Å². The zero-order chi connectivity index (χ0) is 14.3. The molecule has 0 aromatic carbocycles. The number of anilines is 1. The van der Waals surface area contributed by atoms with Gasteiger partial charge in [-0.05, 0) is 12.3 Å². The Kier molecular flexibility index (Phi) is 5.73. The van der Waals surface area contributed by atoms with Crippen LogP contribution in [-0.2, 0) is 0 Å². The lowest BCUT2D eigenvalue weighted by Crippen LogP contribution is -2.07. The van der Waals surface area contributed by atoms with Crippen molar-refractivity contribution < 1.29 is 4.92 Å². The lowest BCUT2D eigenvalue weighted by molar-refractivity contribution is -0.384. The molecule has 1 heterocycles. The molecule has 0 aliphatic rings. The first-order valence-corrected chi connectivity index (χ1v) is 6.33. The van der Waals surface area contributed by atoms with E-state index in [9.17, 15) is 10.1 Å². The third-order valence-corrected chi connectivity index (χ3v) is 2.69. The lowest BCUT2D eigenvalue weighted by atomic mass is 10.1. The Labute approximate surface area is 112 Å². The maximum atomic E-state index is 10.9. The van der Waals surface area contributed by atoms with Crippen molar-refractivity contribution in [2.75, 3.05) is 11.9 Å². The van der Waals surface area contributed by atoms with Gasteiger partial charge in [-0.1, -0.05) is 26.7 Å². The lowest BCUT2D eigenvalue weighted by Gasteiger charge is -2.07. The molecule has 0 spiro atoms. The summed E-state index contributed by atoms with van der Waals surface area (Å²) in [5, 5.41) is 22.5. The fraction of sp³-hybridized carbons (Fsp3) is 0.538. The second-order valence-corrected chi connectivity index (χ2v) is 4.78. The number of nitro groups is 1. The molecule has 0 aliphatic carbocycles. The monoisotopic (exact) mass is 262 g/mol. The van der Waals surface area contributed by atoms with Gasteiger partial charge in [-0.15, -0.1) is 0 Å². The normalized spacial score (nSPS) is 10.2. The molecule has 0 bridgehead atoms. The Bertz CT molecular complexity index is 480. The highest BCUT2D eigenvalue weighted by Crippen LogP contribution is 2.22. The van der Waals surface area contributed by atoms with Crippen LogP contribution < -0.4 is 5.32 Å². The van der Waals surface area contributed by atoms with Crippen LogP contribution in [0.4, 0.5) is 11.5 Å². The zero-order valence-corrected chi connectivity index (χ0v) is 11.2. The van der Waals surface area contributed by atoms with Gasteiger partial charge in [0, 0.05) is 18.8 Å². The van der Waals surface area contributed by atoms with Crippen molar-refractivity contribution in [3.05, 3.63) is 27.9 Å². The van der Waals surface area contributed by atoms with Crippen LogP contribution in [0.2, 0.25) is 0 Å². The topological polar surface area (TPSA) is 91.8 Å². The molecular weight excluding hydrogens is 244 g/mol. The summed E-state index contributed by atoms with van der Waals surface area (Å²) < 4.78 is 0. The highest BCUT2D eigenvalue weighted by atomic mass is 16.6. The summed E-state index contributed by atoms with van der Waals surface area (Å²) >= 11 is 0. The summed E-state index contributed by atoms with van der Waals surface area (Å²) in [5.41, 5.74) is 0.0416. The number of aromatic nitrogens is 1. The average molecular weight is 262 g/mol. The van der Waals surface area contributed by atoms with E-state index < -0.39 is 4.92 Å². The minimum Gasteiger partial charge on any atom is -0.364 e. The number of hydrogen-bond donors (Lipinski definition) is 1. The first-order chi connectivity index (χ1) is 9.04. The van der Waals surface area contributed by atoms with Gasteiger partial charge < -0.3 is 5.32 Å². The molecule has 1 aromatic rings. The highest BCUT2D eigenvalue weighted by molar-refractivity contribution is 5.58. The van der Waals surface area contributed by atoms with E-state index in [1.165, 1.54) is 12.3 Å². The molecule has 0 radical (unpaired) electrons. The third-order valence-electron chi connectivity index (χ3n) is 2.69. The predicted octanol–water partition coefficient (Wildman–Crippen LogP) is 3.10. The van der Waals surface area contributed by atoms with E-state index in [0.29, 0.717) is 12.5 Å². The third kappa shape index (κ3) is 4.92. The van der Waals surface area contributed by atoms with E-state index in [4.69, 9.17) is 5.26 Å². The van der Waals surface area contributed by atoms with Crippen molar-refractivity contribution in [2.45, 2.75) is 33.1 Å². The van der Waals surface area contributed by atoms with Crippen LogP contribution in [0, 0.1) is 27.4 Å². The molecule has 0 fully saturated rings. The quantitative estimate of drug-likeness (QED) is 0.463. The molecule has 1 rings (SSSR count). The molecule has 6 heteroatoms. The number of pyridine rings is 1. The summed E-state index contributed by atoms with van der Waals surface area (Å²) in [6, 6.07) is 3.08. The van der Waals surface area contributed by atoms with Crippen LogP contribution in [0.5, 0.6) is 0 Å². The van der Waals surface area contributed by atoms with Gasteiger partial charge in [0.05, 0.1) is 10.5 Å². The molecule has 0 saturated carbocycles. The maximum Gasteiger partial charge on any atom is 0.312 e. The smallest absolute Gasteiger partial charge is 0.312 e. The predicted molar refractivity (Wildman–Crippen MR) is 72.8 cm³/mol. The number of nitrogens with zero attached hydrogens (tertiary/aromatic N) is 3. The zero-order valence-electron chi connectivity index (χ0n) is 11.2. The summed E-state index contributed by atoms with van der Waals surface area (Å²) in [7, 11) is 0. The summed E-state index contributed by atoms with van der Waals surface area (Å²) in [6.45, 7) is 4.98. The second kappa shape index (κ2) is 7.31. The van der Waals surface area contributed by atoms with Gasteiger partial charge in [0.25, 0.3) is 0 Å². The minimum absolute atomic E-state index is 0.150. The molecule has 19 heavy (non-hydrogen) atoms. The van der Waals surface area contributed by atoms with E-state index in [1.54, 1.807) is 0 Å². The van der Waals surface area contributed by atoms with Crippen molar-refractivity contribution >= 4 is 11.5 Å². The molecule has 0 unspecified atom stereocenters. The van der Waals surface area contributed by atoms with E-state index in [2.05, 4.69) is 24.1 Å². The van der Waals surface area contributed by atoms with Crippen molar-refractivity contribution in [1.29, 1.82) is 5.26 Å². The van der Waals surface area contributed by atoms with Crippen molar-refractivity contribution in [2.24, 2.45) is 5.92 Å². The summed E-state index contributed by atoms with van der Waals surface area (Å²) in [5.74, 6) is 0.899.